The van der Waals surface area contributed by atoms with Crippen molar-refractivity contribution in [3.8, 4) is 0 Å². The van der Waals surface area contributed by atoms with Gasteiger partial charge in [0.2, 0.25) is 0 Å². The second-order valence-corrected chi connectivity index (χ2v) is 6.81. The van der Waals surface area contributed by atoms with Crippen molar-refractivity contribution in [2.75, 3.05) is 19.7 Å². The van der Waals surface area contributed by atoms with Crippen molar-refractivity contribution in [2.24, 2.45) is 5.92 Å². The number of esters is 1. The van der Waals surface area contributed by atoms with Gasteiger partial charge in [0.1, 0.15) is 4.88 Å². The Balaban J connectivity index is 1.83. The van der Waals surface area contributed by atoms with Gasteiger partial charge in [-0.15, -0.1) is 0 Å². The summed E-state index contributed by atoms with van der Waals surface area (Å²) in [5.74, 6) is -0.717. The van der Waals surface area contributed by atoms with Crippen LogP contribution in [0.2, 0.25) is 0 Å². The smallest absolute Gasteiger partial charge is 0.328 e. The summed E-state index contributed by atoms with van der Waals surface area (Å²) >= 11 is 0.906. The molecule has 0 bridgehead atoms. The molecule has 1 N–H and O–H groups in total. The van der Waals surface area contributed by atoms with Crippen LogP contribution in [0, 0.1) is 5.92 Å². The maximum atomic E-state index is 12.8. The average Bonchev–Trinajstić information content (AvgIpc) is 3.05. The van der Waals surface area contributed by atoms with Gasteiger partial charge in [0, 0.05) is 19.6 Å². The van der Waals surface area contributed by atoms with Crippen LogP contribution in [0.15, 0.2) is 9.59 Å². The number of nitrogens with one attached hydrogen (secondary N) is 1. The molecule has 0 radical (unpaired) electrons. The number of piperidine rings is 1. The maximum Gasteiger partial charge on any atom is 0.328 e. The highest BCUT2D eigenvalue weighted by Gasteiger charge is 2.30. The van der Waals surface area contributed by atoms with E-state index in [0.717, 1.165) is 16.1 Å². The van der Waals surface area contributed by atoms with Gasteiger partial charge in [-0.3, -0.25) is 19.0 Å². The van der Waals surface area contributed by atoms with Crippen LogP contribution in [0.25, 0.3) is 11.0 Å². The van der Waals surface area contributed by atoms with Crippen LogP contribution in [0.1, 0.15) is 36.4 Å². The normalized spacial score (nSPS) is 15.4. The van der Waals surface area contributed by atoms with Crippen LogP contribution >= 0.6 is 11.5 Å². The highest BCUT2D eigenvalue weighted by atomic mass is 32.1. The number of ether oxygens (including phenoxy) is 1. The number of hydrogen-bond acceptors (Lipinski definition) is 7. The molecule has 140 valence electrons. The predicted molar refractivity (Wildman–Crippen MR) is 95.4 cm³/mol. The summed E-state index contributed by atoms with van der Waals surface area (Å²) in [4.78, 5) is 53.4. The highest BCUT2D eigenvalue weighted by molar-refractivity contribution is 7.09. The van der Waals surface area contributed by atoms with E-state index in [0.29, 0.717) is 32.5 Å². The molecule has 1 aliphatic heterocycles. The quantitative estimate of drug-likeness (QED) is 0.776. The topological polar surface area (TPSA) is 114 Å². The van der Waals surface area contributed by atoms with Crippen molar-refractivity contribution in [3.63, 3.8) is 0 Å². The summed E-state index contributed by atoms with van der Waals surface area (Å²) in [5.41, 5.74) is -0.767. The lowest BCUT2D eigenvalue weighted by atomic mass is 9.97. The van der Waals surface area contributed by atoms with Gasteiger partial charge in [0.05, 0.1) is 18.0 Å². The van der Waals surface area contributed by atoms with Crippen molar-refractivity contribution in [3.05, 3.63) is 25.7 Å². The minimum absolute atomic E-state index is 0.0983. The lowest BCUT2D eigenvalue weighted by Gasteiger charge is -2.30. The SMILES string of the molecule is CCOC(=O)C1CCN(C(=O)c2snc3c(=O)n(CC)c(=O)[nH]c23)CC1. The second kappa shape index (κ2) is 7.40. The number of aromatic nitrogens is 3. The van der Waals surface area contributed by atoms with Gasteiger partial charge in [-0.05, 0) is 38.2 Å². The van der Waals surface area contributed by atoms with E-state index in [2.05, 4.69) is 9.36 Å². The van der Waals surface area contributed by atoms with E-state index in [9.17, 15) is 19.2 Å². The molecule has 10 heteroatoms. The Morgan fingerprint density at radius 2 is 1.96 bits per heavy atom. The molecule has 1 amide bonds. The zero-order chi connectivity index (χ0) is 18.8. The molecule has 1 fully saturated rings. The Morgan fingerprint density at radius 3 is 2.58 bits per heavy atom. The van der Waals surface area contributed by atoms with Gasteiger partial charge in [0.25, 0.3) is 11.5 Å². The number of hydrogen-bond donors (Lipinski definition) is 1. The Hall–Kier alpha value is -2.49. The standard InChI is InChI=1S/C16H20N4O5S/c1-3-20-13(21)11-10(17-16(20)24)12(26-18-11)14(22)19-7-5-9(6-8-19)15(23)25-4-2/h9H,3-8H2,1-2H3,(H,17,24). The molecule has 0 atom stereocenters. The molecule has 0 saturated carbocycles. The molecule has 1 saturated heterocycles. The zero-order valence-corrected chi connectivity index (χ0v) is 15.4. The molecule has 0 unspecified atom stereocenters. The van der Waals surface area contributed by atoms with Gasteiger partial charge in [-0.25, -0.2) is 4.79 Å². The first-order valence-electron chi connectivity index (χ1n) is 8.56. The molecule has 1 aliphatic rings. The van der Waals surface area contributed by atoms with Crippen LogP contribution in [-0.4, -0.2) is 50.4 Å². The lowest BCUT2D eigenvalue weighted by molar-refractivity contribution is -0.149. The molecule has 0 spiro atoms. The summed E-state index contributed by atoms with van der Waals surface area (Å²) in [6, 6.07) is 0. The van der Waals surface area contributed by atoms with E-state index < -0.39 is 11.2 Å². The van der Waals surface area contributed by atoms with Gasteiger partial charge in [-0.2, -0.15) is 4.37 Å². The van der Waals surface area contributed by atoms with Crippen LogP contribution in [-0.2, 0) is 16.1 Å². The number of likely N-dealkylation sites (tertiary alicyclic amines) is 1. The first-order valence-corrected chi connectivity index (χ1v) is 9.33. The minimum atomic E-state index is -0.555. The largest absolute Gasteiger partial charge is 0.466 e. The average molecular weight is 380 g/mol. The van der Waals surface area contributed by atoms with Crippen molar-refractivity contribution in [2.45, 2.75) is 33.2 Å². The summed E-state index contributed by atoms with van der Waals surface area (Å²) in [6.07, 6.45) is 1.06. The Bertz CT molecular complexity index is 952. The van der Waals surface area contributed by atoms with E-state index >= 15 is 0 Å². The zero-order valence-electron chi connectivity index (χ0n) is 14.6. The maximum absolute atomic E-state index is 12.8. The minimum Gasteiger partial charge on any atom is -0.466 e. The van der Waals surface area contributed by atoms with E-state index in [-0.39, 0.29) is 40.2 Å². The number of aromatic amines is 1. The first kappa shape index (κ1) is 18.3. The molecule has 0 aromatic carbocycles. The fourth-order valence-corrected chi connectivity index (χ4v) is 3.90. The molecule has 26 heavy (non-hydrogen) atoms. The molecule has 3 rings (SSSR count). The van der Waals surface area contributed by atoms with Crippen LogP contribution in [0.3, 0.4) is 0 Å². The number of rotatable bonds is 4. The Kier molecular flexibility index (Phi) is 5.21. The van der Waals surface area contributed by atoms with Crippen LogP contribution in [0.4, 0.5) is 0 Å². The molecule has 0 aliphatic carbocycles. The predicted octanol–water partition coefficient (Wildman–Crippen LogP) is 0.581. The number of nitrogens with zero attached hydrogens (tertiary/aromatic N) is 3. The number of H-pyrrole nitrogens is 1. The number of carbonyl (C=O) groups excluding carboxylic acids is 2. The van der Waals surface area contributed by atoms with Crippen LogP contribution in [0.5, 0.6) is 0 Å². The first-order chi connectivity index (χ1) is 12.5. The lowest BCUT2D eigenvalue weighted by Crippen LogP contribution is -2.40. The number of fused-ring (bicyclic) bond motifs is 1. The third-order valence-corrected chi connectivity index (χ3v) is 5.36. The fraction of sp³-hybridized carbons (Fsp3) is 0.562. The van der Waals surface area contributed by atoms with Crippen molar-refractivity contribution in [1.29, 1.82) is 0 Å². The van der Waals surface area contributed by atoms with Gasteiger partial charge < -0.3 is 14.6 Å². The Labute approximate surface area is 152 Å². The third kappa shape index (κ3) is 3.16. The van der Waals surface area contributed by atoms with Crippen molar-refractivity contribution >= 4 is 34.4 Å². The van der Waals surface area contributed by atoms with Crippen molar-refractivity contribution < 1.29 is 14.3 Å². The molecular weight excluding hydrogens is 360 g/mol. The monoisotopic (exact) mass is 380 g/mol. The molecule has 2 aromatic rings. The summed E-state index contributed by atoms with van der Waals surface area (Å²) in [5, 5.41) is 0. The highest BCUT2D eigenvalue weighted by Crippen LogP contribution is 2.24. The van der Waals surface area contributed by atoms with Gasteiger partial charge in [0.15, 0.2) is 5.52 Å². The van der Waals surface area contributed by atoms with E-state index in [1.807, 2.05) is 0 Å². The number of carbonyl (C=O) groups is 2. The van der Waals surface area contributed by atoms with Crippen LogP contribution < -0.4 is 11.2 Å². The molecular formula is C16H20N4O5S. The second-order valence-electron chi connectivity index (χ2n) is 6.03. The van der Waals surface area contributed by atoms with Crippen molar-refractivity contribution in [1.82, 2.24) is 18.8 Å². The summed E-state index contributed by atoms with van der Waals surface area (Å²) in [6.45, 7) is 4.85. The molecule has 9 nitrogen and oxygen atoms in total. The van der Waals surface area contributed by atoms with Gasteiger partial charge >= 0.3 is 11.7 Å². The third-order valence-electron chi connectivity index (χ3n) is 4.53. The van der Waals surface area contributed by atoms with E-state index in [4.69, 9.17) is 4.74 Å². The fourth-order valence-electron chi connectivity index (χ4n) is 3.10. The number of amides is 1. The summed E-state index contributed by atoms with van der Waals surface area (Å²) < 4.78 is 10.1. The van der Waals surface area contributed by atoms with Gasteiger partial charge in [-0.1, -0.05) is 0 Å². The van der Waals surface area contributed by atoms with E-state index in [1.54, 1.807) is 18.7 Å². The van der Waals surface area contributed by atoms with E-state index in [1.165, 1.54) is 0 Å². The summed E-state index contributed by atoms with van der Waals surface area (Å²) in [7, 11) is 0. The Morgan fingerprint density at radius 1 is 1.27 bits per heavy atom. The molecule has 2 aromatic heterocycles. The molecule has 3 heterocycles.